The van der Waals surface area contributed by atoms with Crippen LogP contribution in [0, 0.1) is 6.92 Å². The summed E-state index contributed by atoms with van der Waals surface area (Å²) >= 11 is 1.66. The maximum Gasteiger partial charge on any atom is 0.304 e. The number of fused-ring (bicyclic) bond motifs is 1. The van der Waals surface area contributed by atoms with Gasteiger partial charge in [-0.15, -0.1) is 11.3 Å². The van der Waals surface area contributed by atoms with Gasteiger partial charge in [-0.25, -0.2) is 4.98 Å². The molecule has 4 heteroatoms. The van der Waals surface area contributed by atoms with E-state index in [1.54, 1.807) is 11.3 Å². The van der Waals surface area contributed by atoms with Crippen LogP contribution in [0.2, 0.25) is 0 Å². The van der Waals surface area contributed by atoms with Crippen molar-refractivity contribution in [2.45, 2.75) is 32.6 Å². The van der Waals surface area contributed by atoms with Crippen LogP contribution in [-0.4, -0.2) is 16.1 Å². The Morgan fingerprint density at radius 1 is 1.47 bits per heavy atom. The van der Waals surface area contributed by atoms with Crippen LogP contribution in [0.4, 0.5) is 0 Å². The number of aliphatic carboxylic acids is 1. The zero-order valence-electron chi connectivity index (χ0n) is 10.2. The number of hydrogen-bond donors (Lipinski definition) is 1. The summed E-state index contributed by atoms with van der Waals surface area (Å²) in [6.45, 7) is 5.87. The highest BCUT2D eigenvalue weighted by Gasteiger charge is 2.24. The van der Waals surface area contributed by atoms with Crippen LogP contribution in [0.25, 0.3) is 10.2 Å². The van der Waals surface area contributed by atoms with Crippen LogP contribution >= 0.6 is 11.3 Å². The Hall–Kier alpha value is -1.42. The van der Waals surface area contributed by atoms with E-state index >= 15 is 0 Å². The lowest BCUT2D eigenvalue weighted by Crippen LogP contribution is -2.21. The van der Waals surface area contributed by atoms with Crippen molar-refractivity contribution in [2.75, 3.05) is 0 Å². The van der Waals surface area contributed by atoms with E-state index < -0.39 is 5.97 Å². The van der Waals surface area contributed by atoms with Gasteiger partial charge in [-0.05, 0) is 24.6 Å². The summed E-state index contributed by atoms with van der Waals surface area (Å²) in [6.07, 6.45) is 0.127. The summed E-state index contributed by atoms with van der Waals surface area (Å²) < 4.78 is 1.15. The van der Waals surface area contributed by atoms with Crippen molar-refractivity contribution in [3.05, 3.63) is 28.8 Å². The minimum Gasteiger partial charge on any atom is -0.481 e. The Bertz CT molecular complexity index is 572. The Morgan fingerprint density at radius 2 is 2.18 bits per heavy atom. The molecule has 0 spiro atoms. The number of hydrogen-bond acceptors (Lipinski definition) is 3. The molecule has 0 saturated carbocycles. The maximum absolute atomic E-state index is 10.8. The van der Waals surface area contributed by atoms with E-state index in [2.05, 4.69) is 4.98 Å². The van der Waals surface area contributed by atoms with E-state index in [9.17, 15) is 4.79 Å². The second-order valence-electron chi connectivity index (χ2n) is 4.87. The van der Waals surface area contributed by atoms with Gasteiger partial charge in [0.1, 0.15) is 0 Å². The molecular weight excluding hydrogens is 234 g/mol. The minimum absolute atomic E-state index is 0.127. The molecule has 1 heterocycles. The molecule has 1 aromatic carbocycles. The van der Waals surface area contributed by atoms with E-state index in [1.807, 2.05) is 39.0 Å². The minimum atomic E-state index is -0.774. The van der Waals surface area contributed by atoms with Gasteiger partial charge in [0.2, 0.25) is 0 Å². The van der Waals surface area contributed by atoms with Gasteiger partial charge in [-0.2, -0.15) is 0 Å². The van der Waals surface area contributed by atoms with Crippen molar-refractivity contribution >= 4 is 27.5 Å². The fourth-order valence-corrected chi connectivity index (χ4v) is 2.75. The molecule has 17 heavy (non-hydrogen) atoms. The lowest BCUT2D eigenvalue weighted by Gasteiger charge is -2.22. The molecule has 0 saturated heterocycles. The third-order valence-electron chi connectivity index (χ3n) is 2.87. The Balaban J connectivity index is 2.44. The first-order valence-corrected chi connectivity index (χ1v) is 6.29. The van der Waals surface area contributed by atoms with Crippen molar-refractivity contribution in [2.24, 2.45) is 0 Å². The molecule has 3 nitrogen and oxygen atoms in total. The summed E-state index contributed by atoms with van der Waals surface area (Å²) in [5.74, 6) is -0.774. The Labute approximate surface area is 104 Å². The van der Waals surface area contributed by atoms with Gasteiger partial charge < -0.3 is 5.11 Å². The van der Waals surface area contributed by atoms with Crippen molar-refractivity contribution in [3.8, 4) is 0 Å². The fourth-order valence-electron chi connectivity index (χ4n) is 1.94. The van der Waals surface area contributed by atoms with Gasteiger partial charge in [0, 0.05) is 5.41 Å². The summed E-state index contributed by atoms with van der Waals surface area (Å²) in [6, 6.07) is 6.03. The van der Waals surface area contributed by atoms with Gasteiger partial charge >= 0.3 is 5.97 Å². The molecule has 2 rings (SSSR count). The number of thiazole rings is 1. The quantitative estimate of drug-likeness (QED) is 0.907. The van der Waals surface area contributed by atoms with Crippen molar-refractivity contribution in [1.82, 2.24) is 4.98 Å². The Morgan fingerprint density at radius 3 is 2.82 bits per heavy atom. The van der Waals surface area contributed by atoms with Gasteiger partial charge in [-0.3, -0.25) is 4.79 Å². The monoisotopic (exact) mass is 249 g/mol. The van der Waals surface area contributed by atoms with Gasteiger partial charge in [0.25, 0.3) is 0 Å². The maximum atomic E-state index is 10.8. The summed E-state index contributed by atoms with van der Waals surface area (Å²) in [7, 11) is 0. The highest BCUT2D eigenvalue weighted by atomic mass is 32.1. The molecule has 0 aliphatic heterocycles. The van der Waals surface area contributed by atoms with E-state index in [-0.39, 0.29) is 11.8 Å². The smallest absolute Gasteiger partial charge is 0.304 e. The number of aryl methyl sites for hydroxylation is 1. The van der Waals surface area contributed by atoms with Crippen LogP contribution in [-0.2, 0) is 10.2 Å². The second kappa shape index (κ2) is 4.11. The summed E-state index contributed by atoms with van der Waals surface area (Å²) in [5, 5.41) is 9.95. The van der Waals surface area contributed by atoms with E-state index in [0.29, 0.717) is 0 Å². The first-order valence-electron chi connectivity index (χ1n) is 5.48. The molecule has 2 aromatic rings. The third kappa shape index (κ3) is 2.47. The highest BCUT2D eigenvalue weighted by molar-refractivity contribution is 7.18. The van der Waals surface area contributed by atoms with E-state index in [1.165, 1.54) is 0 Å². The van der Waals surface area contributed by atoms with E-state index in [0.717, 1.165) is 20.8 Å². The molecule has 0 amide bonds. The molecular formula is C13H15NO2S. The predicted octanol–water partition coefficient (Wildman–Crippen LogP) is 3.36. The molecule has 0 aliphatic carbocycles. The fraction of sp³-hybridized carbons (Fsp3) is 0.385. The molecule has 0 fully saturated rings. The van der Waals surface area contributed by atoms with Crippen molar-refractivity contribution in [3.63, 3.8) is 0 Å². The van der Waals surface area contributed by atoms with Crippen LogP contribution in [0.1, 0.15) is 30.8 Å². The molecule has 0 radical (unpaired) electrons. The molecule has 0 bridgehead atoms. The average molecular weight is 249 g/mol. The molecule has 1 aromatic heterocycles. The normalized spacial score (nSPS) is 11.9. The number of carbonyl (C=O) groups is 1. The van der Waals surface area contributed by atoms with Crippen LogP contribution < -0.4 is 0 Å². The van der Waals surface area contributed by atoms with Crippen LogP contribution in [0.5, 0.6) is 0 Å². The largest absolute Gasteiger partial charge is 0.481 e. The van der Waals surface area contributed by atoms with Gasteiger partial charge in [0.05, 0.1) is 21.6 Å². The van der Waals surface area contributed by atoms with Crippen LogP contribution in [0.15, 0.2) is 18.2 Å². The second-order valence-corrected chi connectivity index (χ2v) is 6.10. The zero-order valence-corrected chi connectivity index (χ0v) is 11.0. The molecule has 0 aliphatic rings. The summed E-state index contributed by atoms with van der Waals surface area (Å²) in [4.78, 5) is 15.3. The number of carboxylic acid groups (broad SMARTS) is 1. The van der Waals surface area contributed by atoms with E-state index in [4.69, 9.17) is 5.11 Å². The molecule has 0 unspecified atom stereocenters. The lowest BCUT2D eigenvalue weighted by molar-refractivity contribution is -0.138. The third-order valence-corrected chi connectivity index (χ3v) is 3.82. The van der Waals surface area contributed by atoms with Crippen molar-refractivity contribution < 1.29 is 9.90 Å². The summed E-state index contributed by atoms with van der Waals surface area (Å²) in [5.41, 5.74) is 1.62. The van der Waals surface area contributed by atoms with Crippen LogP contribution in [0.3, 0.4) is 0 Å². The number of benzene rings is 1. The van der Waals surface area contributed by atoms with Gasteiger partial charge in [0.15, 0.2) is 0 Å². The Kier molecular flexibility index (Phi) is 2.91. The molecule has 90 valence electrons. The first-order chi connectivity index (χ1) is 7.88. The molecule has 0 atom stereocenters. The molecule has 1 N–H and O–H groups in total. The topological polar surface area (TPSA) is 50.2 Å². The number of carboxylic acids is 1. The van der Waals surface area contributed by atoms with Crippen molar-refractivity contribution in [1.29, 1.82) is 0 Å². The zero-order chi connectivity index (χ0) is 12.6. The average Bonchev–Trinajstić information content (AvgIpc) is 2.54. The van der Waals surface area contributed by atoms with Gasteiger partial charge in [-0.1, -0.05) is 19.9 Å². The highest BCUT2D eigenvalue weighted by Crippen LogP contribution is 2.31. The standard InChI is InChI=1S/C13H15NO2S/c1-8-14-10-6-9(4-5-11(10)17-8)13(2,3)7-12(15)16/h4-6H,7H2,1-3H3,(H,15,16). The first kappa shape index (κ1) is 12.0. The number of rotatable bonds is 3. The predicted molar refractivity (Wildman–Crippen MR) is 69.6 cm³/mol. The number of nitrogens with zero attached hydrogens (tertiary/aromatic N) is 1. The number of aromatic nitrogens is 1. The SMILES string of the molecule is Cc1nc2cc(C(C)(C)CC(=O)O)ccc2s1. The lowest BCUT2D eigenvalue weighted by atomic mass is 9.81.